The Kier molecular flexibility index (Phi) is 6.56. The zero-order chi connectivity index (χ0) is 36.7. The van der Waals surface area contributed by atoms with Crippen molar-refractivity contribution in [2.24, 2.45) is 0 Å². The molecule has 12 aromatic rings. The van der Waals surface area contributed by atoms with Crippen molar-refractivity contribution >= 4 is 76.1 Å². The topological polar surface area (TPSA) is 56.7 Å². The van der Waals surface area contributed by atoms with Gasteiger partial charge >= 0.3 is 0 Å². The van der Waals surface area contributed by atoms with Gasteiger partial charge in [0, 0.05) is 32.7 Å². The second-order valence-corrected chi connectivity index (χ2v) is 14.4. The Hall–Kier alpha value is -7.63. The minimum absolute atomic E-state index is 0.560. The number of nitrogens with zero attached hydrogens (tertiary/aromatic N) is 4. The maximum Gasteiger partial charge on any atom is 0.238 e. The van der Waals surface area contributed by atoms with Gasteiger partial charge in [0.15, 0.2) is 11.6 Å². The molecule has 3 heterocycles. The van der Waals surface area contributed by atoms with Gasteiger partial charge in [0.05, 0.1) is 11.0 Å². The summed E-state index contributed by atoms with van der Waals surface area (Å²) in [6.07, 6.45) is 0. The van der Waals surface area contributed by atoms with Crippen LogP contribution in [-0.4, -0.2) is 19.5 Å². The van der Waals surface area contributed by atoms with Gasteiger partial charge in [0.1, 0.15) is 11.2 Å². The molecule has 0 radical (unpaired) electrons. The van der Waals surface area contributed by atoms with Crippen LogP contribution < -0.4 is 0 Å². The van der Waals surface area contributed by atoms with E-state index in [1.165, 1.54) is 37.9 Å². The maximum absolute atomic E-state index is 6.39. The predicted octanol–water partition coefficient (Wildman–Crippen LogP) is 13.3. The van der Waals surface area contributed by atoms with Crippen molar-refractivity contribution in [1.82, 2.24) is 19.5 Å². The largest absolute Gasteiger partial charge is 0.456 e. The first-order valence-electron chi connectivity index (χ1n) is 18.8. The van der Waals surface area contributed by atoms with Gasteiger partial charge in [-0.25, -0.2) is 4.98 Å². The van der Waals surface area contributed by atoms with Crippen LogP contribution in [0.25, 0.3) is 116 Å². The van der Waals surface area contributed by atoms with E-state index >= 15 is 0 Å². The molecule has 3 aromatic heterocycles. The first-order valence-corrected chi connectivity index (χ1v) is 18.8. The van der Waals surface area contributed by atoms with Crippen molar-refractivity contribution < 1.29 is 4.42 Å². The molecule has 5 heteroatoms. The molecule has 0 unspecified atom stereocenters. The van der Waals surface area contributed by atoms with Gasteiger partial charge in [-0.15, -0.1) is 0 Å². The molecule has 56 heavy (non-hydrogen) atoms. The molecule has 0 saturated heterocycles. The second-order valence-electron chi connectivity index (χ2n) is 14.4. The summed E-state index contributed by atoms with van der Waals surface area (Å²) in [6.45, 7) is 0. The Labute approximate surface area is 320 Å². The summed E-state index contributed by atoms with van der Waals surface area (Å²) in [5.41, 5.74) is 7.82. The maximum atomic E-state index is 6.39. The van der Waals surface area contributed by atoms with Gasteiger partial charge in [-0.05, 0) is 92.0 Å². The smallest absolute Gasteiger partial charge is 0.238 e. The summed E-state index contributed by atoms with van der Waals surface area (Å²) in [5, 5.41) is 11.5. The Morgan fingerprint density at radius 3 is 1.82 bits per heavy atom. The number of furan rings is 1. The third kappa shape index (κ3) is 4.71. The van der Waals surface area contributed by atoms with Crippen LogP contribution in [0.1, 0.15) is 0 Å². The minimum Gasteiger partial charge on any atom is -0.456 e. The first kappa shape index (κ1) is 30.8. The number of rotatable bonds is 4. The molecule has 0 amide bonds. The van der Waals surface area contributed by atoms with E-state index in [2.05, 4.69) is 180 Å². The zero-order valence-electron chi connectivity index (χ0n) is 30.0. The highest BCUT2D eigenvalue weighted by Crippen LogP contribution is 2.39. The van der Waals surface area contributed by atoms with Crippen molar-refractivity contribution in [1.29, 1.82) is 0 Å². The standard InChI is InChI=1S/C51H30N4O/c1-2-14-34-30-47-43(28-33(34)13-1)42-29-37(24-26-46(42)56-47)50-52-49(36-17-9-16-35(27-36)39-21-10-15-31-11-3-5-18-38(31)39)53-51(54-50)55-44-22-8-7-20-41(44)48-40-19-6-4-12-32(40)23-25-45(48)55/h1-30H. The lowest BCUT2D eigenvalue weighted by molar-refractivity contribution is 0.669. The number of hydrogen-bond acceptors (Lipinski definition) is 4. The van der Waals surface area contributed by atoms with Gasteiger partial charge in [-0.1, -0.05) is 133 Å². The van der Waals surface area contributed by atoms with Crippen molar-refractivity contribution in [3.63, 3.8) is 0 Å². The molecule has 0 saturated carbocycles. The summed E-state index contributed by atoms with van der Waals surface area (Å²) < 4.78 is 8.58. The average Bonchev–Trinajstić information content (AvgIpc) is 3.80. The molecule has 0 aliphatic carbocycles. The van der Waals surface area contributed by atoms with Crippen LogP contribution in [0.15, 0.2) is 186 Å². The van der Waals surface area contributed by atoms with E-state index in [9.17, 15) is 0 Å². The van der Waals surface area contributed by atoms with Crippen molar-refractivity contribution in [3.05, 3.63) is 182 Å². The molecule has 0 fully saturated rings. The lowest BCUT2D eigenvalue weighted by atomic mass is 9.97. The van der Waals surface area contributed by atoms with Crippen LogP contribution in [0.2, 0.25) is 0 Å². The molecule has 0 bridgehead atoms. The highest BCUT2D eigenvalue weighted by molar-refractivity contribution is 6.21. The van der Waals surface area contributed by atoms with E-state index in [1.54, 1.807) is 0 Å². The fourth-order valence-corrected chi connectivity index (χ4v) is 8.58. The Bertz CT molecular complexity index is 3550. The van der Waals surface area contributed by atoms with Crippen LogP contribution in [-0.2, 0) is 0 Å². The molecule has 0 N–H and O–H groups in total. The zero-order valence-corrected chi connectivity index (χ0v) is 30.0. The SMILES string of the molecule is c1cc(-c2nc(-c3ccc4oc5cc6ccccc6cc5c4c3)nc(-n3c4ccccc4c4c5ccccc5ccc43)n2)cc(-c2cccc3ccccc23)c1. The van der Waals surface area contributed by atoms with Crippen molar-refractivity contribution in [2.45, 2.75) is 0 Å². The molecule has 0 atom stereocenters. The molecular formula is C51H30N4O. The van der Waals surface area contributed by atoms with Crippen LogP contribution >= 0.6 is 0 Å². The third-order valence-electron chi connectivity index (χ3n) is 11.2. The fourth-order valence-electron chi connectivity index (χ4n) is 8.58. The average molecular weight is 715 g/mol. The Morgan fingerprint density at radius 2 is 0.982 bits per heavy atom. The molecule has 0 aliphatic rings. The summed E-state index contributed by atoms with van der Waals surface area (Å²) in [6, 6.07) is 64.0. The molecule has 0 spiro atoms. The summed E-state index contributed by atoms with van der Waals surface area (Å²) in [7, 11) is 0. The van der Waals surface area contributed by atoms with E-state index in [0.29, 0.717) is 17.6 Å². The molecule has 260 valence electrons. The Morgan fingerprint density at radius 1 is 0.357 bits per heavy atom. The van der Waals surface area contributed by atoms with Gasteiger partial charge < -0.3 is 4.42 Å². The number of para-hydroxylation sites is 1. The predicted molar refractivity (Wildman–Crippen MR) is 230 cm³/mol. The van der Waals surface area contributed by atoms with Crippen LogP contribution in [0.4, 0.5) is 0 Å². The van der Waals surface area contributed by atoms with Gasteiger partial charge in [0.2, 0.25) is 5.95 Å². The van der Waals surface area contributed by atoms with Gasteiger partial charge in [-0.3, -0.25) is 4.57 Å². The molecule has 9 aromatic carbocycles. The lowest BCUT2D eigenvalue weighted by Gasteiger charge is -2.12. The van der Waals surface area contributed by atoms with Crippen molar-refractivity contribution in [3.8, 4) is 39.9 Å². The molecule has 12 rings (SSSR count). The van der Waals surface area contributed by atoms with E-state index in [1.807, 2.05) is 6.07 Å². The van der Waals surface area contributed by atoms with Crippen LogP contribution in [0, 0.1) is 0 Å². The number of aromatic nitrogens is 4. The van der Waals surface area contributed by atoms with E-state index < -0.39 is 0 Å². The van der Waals surface area contributed by atoms with E-state index in [4.69, 9.17) is 19.4 Å². The lowest BCUT2D eigenvalue weighted by Crippen LogP contribution is -2.06. The minimum atomic E-state index is 0.560. The van der Waals surface area contributed by atoms with Gasteiger partial charge in [0.25, 0.3) is 0 Å². The fraction of sp³-hybridized carbons (Fsp3) is 0. The number of benzene rings is 9. The van der Waals surface area contributed by atoms with E-state index in [0.717, 1.165) is 60.4 Å². The molecular weight excluding hydrogens is 685 g/mol. The van der Waals surface area contributed by atoms with Crippen molar-refractivity contribution in [2.75, 3.05) is 0 Å². The third-order valence-corrected chi connectivity index (χ3v) is 11.2. The van der Waals surface area contributed by atoms with Crippen LogP contribution in [0.5, 0.6) is 0 Å². The monoisotopic (exact) mass is 714 g/mol. The molecule has 5 nitrogen and oxygen atoms in total. The quantitative estimate of drug-likeness (QED) is 0.182. The number of fused-ring (bicyclic) bond motifs is 10. The summed E-state index contributed by atoms with van der Waals surface area (Å²) in [5.74, 6) is 1.75. The second kappa shape index (κ2) is 11.9. The summed E-state index contributed by atoms with van der Waals surface area (Å²) in [4.78, 5) is 15.9. The highest BCUT2D eigenvalue weighted by atomic mass is 16.3. The van der Waals surface area contributed by atoms with Gasteiger partial charge in [-0.2, -0.15) is 9.97 Å². The highest BCUT2D eigenvalue weighted by Gasteiger charge is 2.20. The Balaban J connectivity index is 1.12. The van der Waals surface area contributed by atoms with E-state index in [-0.39, 0.29) is 0 Å². The first-order chi connectivity index (χ1) is 27.7. The van der Waals surface area contributed by atoms with Crippen LogP contribution in [0.3, 0.4) is 0 Å². The normalized spacial score (nSPS) is 11.9. The summed E-state index contributed by atoms with van der Waals surface area (Å²) >= 11 is 0. The molecule has 0 aliphatic heterocycles. The number of hydrogen-bond donors (Lipinski definition) is 0.